The average molecular weight is 311 g/mol. The van der Waals surface area contributed by atoms with Gasteiger partial charge in [0.2, 0.25) is 5.91 Å². The van der Waals surface area contributed by atoms with Crippen molar-refractivity contribution in [3.8, 4) is 0 Å². The zero-order valence-corrected chi connectivity index (χ0v) is 12.9. The van der Waals surface area contributed by atoms with E-state index in [2.05, 4.69) is 23.6 Å². The van der Waals surface area contributed by atoms with Gasteiger partial charge in [-0.05, 0) is 6.92 Å². The lowest BCUT2D eigenvalue weighted by atomic mass is 10.2. The van der Waals surface area contributed by atoms with Crippen LogP contribution in [0.25, 0.3) is 0 Å². The van der Waals surface area contributed by atoms with Gasteiger partial charge in [-0.1, -0.05) is 23.8 Å². The Labute approximate surface area is 129 Å². The van der Waals surface area contributed by atoms with Gasteiger partial charge in [-0.3, -0.25) is 14.3 Å². The lowest BCUT2D eigenvalue weighted by Gasteiger charge is -2.23. The molecule has 1 heterocycles. The van der Waals surface area contributed by atoms with Gasteiger partial charge in [-0.15, -0.1) is 13.2 Å². The first-order valence-electron chi connectivity index (χ1n) is 6.41. The number of halogens is 1. The number of nitrogens with zero attached hydrogens (tertiary/aromatic N) is 3. The molecule has 1 N–H and O–H groups in total. The van der Waals surface area contributed by atoms with E-state index >= 15 is 0 Å². The first-order valence-corrected chi connectivity index (χ1v) is 6.79. The summed E-state index contributed by atoms with van der Waals surface area (Å²) in [6, 6.07) is -0.686. The second-order valence-electron chi connectivity index (χ2n) is 4.49. The molecule has 0 radical (unpaired) electrons. The number of aromatic nitrogens is 2. The lowest BCUT2D eigenvalue weighted by Crippen LogP contribution is -2.47. The quantitative estimate of drug-likeness (QED) is 0.774. The molecule has 114 valence electrons. The number of aryl methyl sites for hydroxylation is 1. The van der Waals surface area contributed by atoms with Crippen LogP contribution in [0.15, 0.2) is 31.5 Å². The standard InChI is InChI=1S/C14H19ClN4O2/c1-5-7-19(8-6-2)14(21)10(3)17-13(20)11-9-16-18(4)12(11)15/h5-6,9-10H,1-2,7-8H2,3-4H3,(H,17,20). The molecular formula is C14H19ClN4O2. The van der Waals surface area contributed by atoms with Crippen LogP contribution in [0.4, 0.5) is 0 Å². The van der Waals surface area contributed by atoms with E-state index in [9.17, 15) is 9.59 Å². The number of carbonyl (C=O) groups excluding carboxylic acids is 2. The molecule has 2 amide bonds. The van der Waals surface area contributed by atoms with E-state index in [-0.39, 0.29) is 16.6 Å². The molecule has 7 heteroatoms. The Morgan fingerprint density at radius 3 is 2.48 bits per heavy atom. The maximum absolute atomic E-state index is 12.2. The fourth-order valence-corrected chi connectivity index (χ4v) is 1.93. The number of hydrogen-bond donors (Lipinski definition) is 1. The summed E-state index contributed by atoms with van der Waals surface area (Å²) in [5.74, 6) is -0.658. The van der Waals surface area contributed by atoms with Crippen molar-refractivity contribution < 1.29 is 9.59 Å². The molecule has 0 spiro atoms. The monoisotopic (exact) mass is 310 g/mol. The van der Waals surface area contributed by atoms with Crippen LogP contribution in [-0.4, -0.2) is 45.6 Å². The van der Waals surface area contributed by atoms with Crippen molar-refractivity contribution in [2.24, 2.45) is 7.05 Å². The molecule has 1 rings (SSSR count). The van der Waals surface area contributed by atoms with Gasteiger partial charge >= 0.3 is 0 Å². The normalized spacial score (nSPS) is 11.6. The number of amides is 2. The molecule has 1 unspecified atom stereocenters. The SMILES string of the molecule is C=CCN(CC=C)C(=O)C(C)NC(=O)c1cnn(C)c1Cl. The van der Waals surface area contributed by atoms with Gasteiger partial charge in [0.25, 0.3) is 5.91 Å². The zero-order chi connectivity index (χ0) is 16.0. The molecular weight excluding hydrogens is 292 g/mol. The first-order chi connectivity index (χ1) is 9.92. The first kappa shape index (κ1) is 17.0. The van der Waals surface area contributed by atoms with Crippen molar-refractivity contribution in [2.45, 2.75) is 13.0 Å². The molecule has 0 aliphatic heterocycles. The van der Waals surface area contributed by atoms with Gasteiger partial charge in [0.05, 0.1) is 11.8 Å². The van der Waals surface area contributed by atoms with Gasteiger partial charge < -0.3 is 10.2 Å². The van der Waals surface area contributed by atoms with Gasteiger partial charge in [-0.25, -0.2) is 0 Å². The molecule has 0 fully saturated rings. The third kappa shape index (κ3) is 4.19. The highest BCUT2D eigenvalue weighted by molar-refractivity contribution is 6.32. The van der Waals surface area contributed by atoms with E-state index in [1.165, 1.54) is 15.8 Å². The highest BCUT2D eigenvalue weighted by Crippen LogP contribution is 2.13. The van der Waals surface area contributed by atoms with E-state index < -0.39 is 11.9 Å². The molecule has 1 aromatic rings. The van der Waals surface area contributed by atoms with E-state index in [0.717, 1.165) is 0 Å². The lowest BCUT2D eigenvalue weighted by molar-refractivity contribution is -0.131. The summed E-state index contributed by atoms with van der Waals surface area (Å²) in [6.07, 6.45) is 4.60. The number of rotatable bonds is 7. The van der Waals surface area contributed by atoms with E-state index in [1.54, 1.807) is 26.1 Å². The molecule has 6 nitrogen and oxygen atoms in total. The van der Waals surface area contributed by atoms with E-state index in [0.29, 0.717) is 13.1 Å². The predicted molar refractivity (Wildman–Crippen MR) is 82.1 cm³/mol. The van der Waals surface area contributed by atoms with Gasteiger partial charge in [-0.2, -0.15) is 5.10 Å². The summed E-state index contributed by atoms with van der Waals surface area (Å²) in [5.41, 5.74) is 0.234. The van der Waals surface area contributed by atoms with Crippen LogP contribution in [0.3, 0.4) is 0 Å². The van der Waals surface area contributed by atoms with Gasteiger partial charge in [0, 0.05) is 20.1 Å². The Hall–Kier alpha value is -2.08. The maximum Gasteiger partial charge on any atom is 0.256 e. The molecule has 0 aromatic carbocycles. The Kier molecular flexibility index (Phi) is 6.17. The van der Waals surface area contributed by atoms with Crippen molar-refractivity contribution in [3.63, 3.8) is 0 Å². The summed E-state index contributed by atoms with van der Waals surface area (Å²) in [4.78, 5) is 25.9. The Bertz CT molecular complexity index is 543. The van der Waals surface area contributed by atoms with Crippen molar-refractivity contribution in [3.05, 3.63) is 42.2 Å². The highest BCUT2D eigenvalue weighted by atomic mass is 35.5. The number of carbonyl (C=O) groups is 2. The Morgan fingerprint density at radius 2 is 2.05 bits per heavy atom. The molecule has 0 aliphatic carbocycles. The van der Waals surface area contributed by atoms with Crippen molar-refractivity contribution in [2.75, 3.05) is 13.1 Å². The molecule has 0 bridgehead atoms. The Morgan fingerprint density at radius 1 is 1.48 bits per heavy atom. The molecule has 1 aromatic heterocycles. The smallest absolute Gasteiger partial charge is 0.256 e. The van der Waals surface area contributed by atoms with Gasteiger partial charge in [0.15, 0.2) is 0 Å². The zero-order valence-electron chi connectivity index (χ0n) is 12.2. The van der Waals surface area contributed by atoms with E-state index in [4.69, 9.17) is 11.6 Å². The molecule has 0 aliphatic rings. The molecule has 1 atom stereocenters. The van der Waals surface area contributed by atoms with Crippen LogP contribution in [0, 0.1) is 0 Å². The number of nitrogens with one attached hydrogen (secondary N) is 1. The van der Waals surface area contributed by atoms with Gasteiger partial charge in [0.1, 0.15) is 11.2 Å². The largest absolute Gasteiger partial charge is 0.340 e. The van der Waals surface area contributed by atoms with Crippen LogP contribution in [-0.2, 0) is 11.8 Å². The second-order valence-corrected chi connectivity index (χ2v) is 4.85. The fraction of sp³-hybridized carbons (Fsp3) is 0.357. The van der Waals surface area contributed by atoms with Crippen LogP contribution in [0.5, 0.6) is 0 Å². The van der Waals surface area contributed by atoms with Crippen molar-refractivity contribution in [1.82, 2.24) is 20.0 Å². The summed E-state index contributed by atoms with van der Waals surface area (Å²) in [6.45, 7) is 9.60. The minimum absolute atomic E-state index is 0.219. The third-order valence-corrected chi connectivity index (χ3v) is 3.29. The highest BCUT2D eigenvalue weighted by Gasteiger charge is 2.23. The number of hydrogen-bond acceptors (Lipinski definition) is 3. The molecule has 0 saturated carbocycles. The third-order valence-electron chi connectivity index (χ3n) is 2.84. The van der Waals surface area contributed by atoms with Crippen LogP contribution >= 0.6 is 11.6 Å². The summed E-state index contributed by atoms with van der Waals surface area (Å²) >= 11 is 5.95. The Balaban J connectivity index is 2.74. The van der Waals surface area contributed by atoms with Crippen molar-refractivity contribution in [1.29, 1.82) is 0 Å². The predicted octanol–water partition coefficient (Wildman–Crippen LogP) is 1.39. The topological polar surface area (TPSA) is 67.2 Å². The molecule has 0 saturated heterocycles. The summed E-state index contributed by atoms with van der Waals surface area (Å²) in [7, 11) is 1.63. The minimum atomic E-state index is -0.686. The fourth-order valence-electron chi connectivity index (χ4n) is 1.75. The van der Waals surface area contributed by atoms with Crippen molar-refractivity contribution >= 4 is 23.4 Å². The van der Waals surface area contributed by atoms with Crippen LogP contribution in [0.2, 0.25) is 5.15 Å². The average Bonchev–Trinajstić information content (AvgIpc) is 2.78. The van der Waals surface area contributed by atoms with Crippen LogP contribution < -0.4 is 5.32 Å². The summed E-state index contributed by atoms with van der Waals surface area (Å²) in [5, 5.41) is 6.72. The minimum Gasteiger partial charge on any atom is -0.340 e. The molecule has 21 heavy (non-hydrogen) atoms. The summed E-state index contributed by atoms with van der Waals surface area (Å²) < 4.78 is 1.38. The maximum atomic E-state index is 12.2. The second kappa shape index (κ2) is 7.64. The van der Waals surface area contributed by atoms with Crippen LogP contribution in [0.1, 0.15) is 17.3 Å². The van der Waals surface area contributed by atoms with E-state index in [1.807, 2.05) is 0 Å².